The van der Waals surface area contributed by atoms with E-state index in [0.29, 0.717) is 13.2 Å². The van der Waals surface area contributed by atoms with Crippen molar-refractivity contribution in [1.82, 2.24) is 5.32 Å². The Hall–Kier alpha value is -0.400. The van der Waals surface area contributed by atoms with Gasteiger partial charge in [-0.2, -0.15) is 0 Å². The molecule has 1 unspecified atom stereocenters. The summed E-state index contributed by atoms with van der Waals surface area (Å²) >= 11 is 8.91. The van der Waals surface area contributed by atoms with Crippen LogP contribution in [0.15, 0.2) is 38.6 Å². The number of hydrogen-bond acceptors (Lipinski definition) is 4. The van der Waals surface area contributed by atoms with Gasteiger partial charge in [-0.3, -0.25) is 0 Å². The molecule has 0 aliphatic rings. The van der Waals surface area contributed by atoms with Crippen molar-refractivity contribution >= 4 is 43.2 Å². The second-order valence-corrected chi connectivity index (χ2v) is 7.04. The van der Waals surface area contributed by atoms with Crippen molar-refractivity contribution in [1.29, 1.82) is 0 Å². The Kier molecular flexibility index (Phi) is 6.70. The number of hydrogen-bond donors (Lipinski definition) is 1. The number of rotatable bonds is 7. The molecule has 0 saturated carbocycles. The van der Waals surface area contributed by atoms with Crippen molar-refractivity contribution in [2.75, 3.05) is 27.4 Å². The summed E-state index contributed by atoms with van der Waals surface area (Å²) in [6, 6.07) is 8.39. The van der Waals surface area contributed by atoms with Gasteiger partial charge in [-0.05, 0) is 68.1 Å². The van der Waals surface area contributed by atoms with E-state index in [1.165, 1.54) is 10.4 Å². The van der Waals surface area contributed by atoms with Crippen LogP contribution in [0.1, 0.15) is 16.5 Å². The number of benzene rings is 1. The second-order valence-electron chi connectivity index (χ2n) is 4.39. The van der Waals surface area contributed by atoms with E-state index >= 15 is 0 Å². The predicted molar refractivity (Wildman–Crippen MR) is 94.4 cm³/mol. The van der Waals surface area contributed by atoms with Gasteiger partial charge >= 0.3 is 0 Å². The summed E-state index contributed by atoms with van der Waals surface area (Å²) in [6.45, 7) is 1.12. The Morgan fingerprint density at radius 2 is 2.00 bits per heavy atom. The van der Waals surface area contributed by atoms with Gasteiger partial charge in [0, 0.05) is 16.5 Å². The molecule has 2 rings (SSSR count). The summed E-state index contributed by atoms with van der Waals surface area (Å²) in [5.41, 5.74) is 1.19. The standard InChI is InChI=1S/C15H17Br2NO2S/c1-18-14(15-11(16)5-8-21-15)10-3-4-13(12(17)9-10)20-7-6-19-2/h3-5,8-9,14,18H,6-7H2,1-2H3. The van der Waals surface area contributed by atoms with Gasteiger partial charge in [0.15, 0.2) is 0 Å². The Balaban J connectivity index is 2.20. The molecule has 1 N–H and O–H groups in total. The van der Waals surface area contributed by atoms with Crippen molar-refractivity contribution < 1.29 is 9.47 Å². The first-order valence-electron chi connectivity index (χ1n) is 6.48. The maximum atomic E-state index is 5.66. The molecule has 0 saturated heterocycles. The van der Waals surface area contributed by atoms with E-state index in [4.69, 9.17) is 9.47 Å². The van der Waals surface area contributed by atoms with Crippen LogP contribution in [0.5, 0.6) is 5.75 Å². The average Bonchev–Trinajstić information content (AvgIpc) is 2.89. The number of methoxy groups -OCH3 is 1. The molecule has 0 spiro atoms. The summed E-state index contributed by atoms with van der Waals surface area (Å²) in [4.78, 5) is 1.26. The molecule has 6 heteroatoms. The molecule has 114 valence electrons. The van der Waals surface area contributed by atoms with Crippen molar-refractivity contribution in [3.63, 3.8) is 0 Å². The highest BCUT2D eigenvalue weighted by Crippen LogP contribution is 2.35. The Morgan fingerprint density at radius 3 is 2.57 bits per heavy atom. The first kappa shape index (κ1) is 17.0. The van der Waals surface area contributed by atoms with Crippen LogP contribution < -0.4 is 10.1 Å². The monoisotopic (exact) mass is 433 g/mol. The maximum Gasteiger partial charge on any atom is 0.133 e. The highest BCUT2D eigenvalue weighted by atomic mass is 79.9. The molecule has 1 atom stereocenters. The van der Waals surface area contributed by atoms with E-state index in [1.807, 2.05) is 13.1 Å². The van der Waals surface area contributed by atoms with Crippen LogP contribution in [0.2, 0.25) is 0 Å². The quantitative estimate of drug-likeness (QED) is 0.645. The lowest BCUT2D eigenvalue weighted by molar-refractivity contribution is 0.146. The molecule has 3 nitrogen and oxygen atoms in total. The van der Waals surface area contributed by atoms with Crippen molar-refractivity contribution in [2.24, 2.45) is 0 Å². The van der Waals surface area contributed by atoms with E-state index in [0.717, 1.165) is 14.7 Å². The predicted octanol–water partition coefficient (Wildman–Crippen LogP) is 4.61. The molecule has 21 heavy (non-hydrogen) atoms. The van der Waals surface area contributed by atoms with Crippen LogP contribution in [-0.4, -0.2) is 27.4 Å². The first-order chi connectivity index (χ1) is 10.2. The van der Waals surface area contributed by atoms with Gasteiger partial charge in [-0.25, -0.2) is 0 Å². The van der Waals surface area contributed by atoms with Crippen molar-refractivity contribution in [3.05, 3.63) is 49.0 Å². The molecule has 0 bridgehead atoms. The zero-order valence-electron chi connectivity index (χ0n) is 11.9. The van der Waals surface area contributed by atoms with Gasteiger partial charge in [-0.1, -0.05) is 6.07 Å². The fourth-order valence-electron chi connectivity index (χ4n) is 2.01. The summed E-state index contributed by atoms with van der Waals surface area (Å²) in [7, 11) is 3.63. The highest BCUT2D eigenvalue weighted by molar-refractivity contribution is 9.10. The molecular formula is C15H17Br2NO2S. The molecule has 0 amide bonds. The van der Waals surface area contributed by atoms with Crippen LogP contribution >= 0.6 is 43.2 Å². The zero-order valence-corrected chi connectivity index (χ0v) is 15.8. The van der Waals surface area contributed by atoms with Crippen molar-refractivity contribution in [3.8, 4) is 5.75 Å². The van der Waals surface area contributed by atoms with Gasteiger partial charge in [0.05, 0.1) is 17.1 Å². The van der Waals surface area contributed by atoms with Crippen LogP contribution in [0.25, 0.3) is 0 Å². The van der Waals surface area contributed by atoms with Crippen LogP contribution in [0.4, 0.5) is 0 Å². The van der Waals surface area contributed by atoms with Gasteiger partial charge in [-0.15, -0.1) is 11.3 Å². The van der Waals surface area contributed by atoms with Gasteiger partial charge in [0.1, 0.15) is 12.4 Å². The SMILES string of the molecule is CNC(c1ccc(OCCOC)c(Br)c1)c1sccc1Br. The summed E-state index contributed by atoms with van der Waals surface area (Å²) < 4.78 is 12.7. The molecule has 0 radical (unpaired) electrons. The highest BCUT2D eigenvalue weighted by Gasteiger charge is 2.17. The fraction of sp³-hybridized carbons (Fsp3) is 0.333. The van der Waals surface area contributed by atoms with Crippen LogP contribution in [0, 0.1) is 0 Å². The number of ether oxygens (including phenoxy) is 2. The summed E-state index contributed by atoms with van der Waals surface area (Å²) in [5.74, 6) is 0.830. The van der Waals surface area contributed by atoms with E-state index in [2.05, 4.69) is 60.8 Å². The largest absolute Gasteiger partial charge is 0.490 e. The van der Waals surface area contributed by atoms with E-state index in [1.54, 1.807) is 18.4 Å². The maximum absolute atomic E-state index is 5.66. The van der Waals surface area contributed by atoms with Crippen LogP contribution in [-0.2, 0) is 4.74 Å². The zero-order chi connectivity index (χ0) is 15.2. The lowest BCUT2D eigenvalue weighted by atomic mass is 10.1. The topological polar surface area (TPSA) is 30.5 Å². The third-order valence-corrected chi connectivity index (χ3v) is 5.59. The number of halogens is 2. The Labute approximate surface area is 145 Å². The third kappa shape index (κ3) is 4.29. The second kappa shape index (κ2) is 8.29. The van der Waals surface area contributed by atoms with E-state index in [-0.39, 0.29) is 6.04 Å². The number of thiophene rings is 1. The smallest absolute Gasteiger partial charge is 0.133 e. The minimum atomic E-state index is 0.156. The van der Waals surface area contributed by atoms with E-state index < -0.39 is 0 Å². The van der Waals surface area contributed by atoms with Gasteiger partial charge < -0.3 is 14.8 Å². The third-order valence-electron chi connectivity index (χ3n) is 3.03. The first-order valence-corrected chi connectivity index (χ1v) is 8.95. The molecular weight excluding hydrogens is 418 g/mol. The van der Waals surface area contributed by atoms with Gasteiger partial charge in [0.25, 0.3) is 0 Å². The minimum Gasteiger partial charge on any atom is -0.490 e. The molecule has 1 aromatic heterocycles. The van der Waals surface area contributed by atoms with E-state index in [9.17, 15) is 0 Å². The summed E-state index contributed by atoms with van der Waals surface area (Å²) in [5, 5.41) is 5.44. The molecule has 0 aliphatic carbocycles. The van der Waals surface area contributed by atoms with Crippen LogP contribution in [0.3, 0.4) is 0 Å². The Bertz CT molecular complexity index is 589. The average molecular weight is 435 g/mol. The lowest BCUT2D eigenvalue weighted by Gasteiger charge is -2.17. The lowest BCUT2D eigenvalue weighted by Crippen LogP contribution is -2.17. The minimum absolute atomic E-state index is 0.156. The number of nitrogens with one attached hydrogen (secondary N) is 1. The molecule has 0 fully saturated rings. The fourth-order valence-corrected chi connectivity index (χ4v) is 4.26. The molecule has 1 aromatic carbocycles. The summed E-state index contributed by atoms with van der Waals surface area (Å²) in [6.07, 6.45) is 0. The van der Waals surface area contributed by atoms with Gasteiger partial charge in [0.2, 0.25) is 0 Å². The molecule has 2 aromatic rings. The Morgan fingerprint density at radius 1 is 1.19 bits per heavy atom. The normalized spacial score (nSPS) is 12.4. The van der Waals surface area contributed by atoms with Crippen molar-refractivity contribution in [2.45, 2.75) is 6.04 Å². The molecule has 0 aliphatic heterocycles. The molecule has 1 heterocycles.